The zero-order chi connectivity index (χ0) is 19.4. The van der Waals surface area contributed by atoms with Crippen molar-refractivity contribution in [1.29, 1.82) is 0 Å². The number of carbonyl (C=O) groups is 2. The number of pyridine rings is 1. The van der Waals surface area contributed by atoms with Crippen LogP contribution in [-0.4, -0.2) is 39.7 Å². The van der Waals surface area contributed by atoms with Crippen LogP contribution < -0.4 is 10.6 Å². The van der Waals surface area contributed by atoms with E-state index in [4.69, 9.17) is 4.98 Å². The summed E-state index contributed by atoms with van der Waals surface area (Å²) in [5, 5.41) is 10.4. The highest BCUT2D eigenvalue weighted by atomic mass is 16.2. The first-order valence-electron chi connectivity index (χ1n) is 8.99. The Hall–Kier alpha value is -3.22. The molecule has 0 saturated heterocycles. The van der Waals surface area contributed by atoms with Crippen molar-refractivity contribution in [3.05, 3.63) is 48.2 Å². The number of nitrogens with zero attached hydrogens (tertiary/aromatic N) is 3. The fourth-order valence-corrected chi connectivity index (χ4v) is 2.86. The highest BCUT2D eigenvalue weighted by Gasteiger charge is 2.18. The van der Waals surface area contributed by atoms with Gasteiger partial charge >= 0.3 is 0 Å². The summed E-state index contributed by atoms with van der Waals surface area (Å²) in [6, 6.07) is 11.5. The number of rotatable bonds is 6. The quantitative estimate of drug-likeness (QED) is 0.703. The van der Waals surface area contributed by atoms with Crippen LogP contribution >= 0.6 is 0 Å². The van der Waals surface area contributed by atoms with Crippen molar-refractivity contribution >= 4 is 22.8 Å². The maximum atomic E-state index is 12.8. The maximum absolute atomic E-state index is 12.8. The monoisotopic (exact) mass is 365 g/mol. The third kappa shape index (κ3) is 3.97. The van der Waals surface area contributed by atoms with Crippen LogP contribution in [0.1, 0.15) is 37.2 Å². The van der Waals surface area contributed by atoms with Crippen LogP contribution in [0.3, 0.4) is 0 Å². The van der Waals surface area contributed by atoms with Gasteiger partial charge in [-0.2, -0.15) is 5.10 Å². The van der Waals surface area contributed by atoms with Crippen molar-refractivity contribution in [3.63, 3.8) is 0 Å². The number of nitrogens with one attached hydrogen (secondary N) is 2. The fourth-order valence-electron chi connectivity index (χ4n) is 2.86. The first-order valence-corrected chi connectivity index (χ1v) is 8.99. The lowest BCUT2D eigenvalue weighted by atomic mass is 10.1. The average molecular weight is 365 g/mol. The molecule has 0 fully saturated rings. The van der Waals surface area contributed by atoms with E-state index in [1.165, 1.54) is 0 Å². The summed E-state index contributed by atoms with van der Waals surface area (Å²) in [4.78, 5) is 29.2. The van der Waals surface area contributed by atoms with Crippen LogP contribution in [0, 0.1) is 0 Å². The van der Waals surface area contributed by atoms with E-state index in [0.29, 0.717) is 28.8 Å². The molecule has 0 radical (unpaired) electrons. The Balaban J connectivity index is 2.05. The molecule has 140 valence electrons. The van der Waals surface area contributed by atoms with Crippen molar-refractivity contribution in [2.24, 2.45) is 0 Å². The van der Waals surface area contributed by atoms with Crippen molar-refractivity contribution in [1.82, 2.24) is 25.4 Å². The van der Waals surface area contributed by atoms with E-state index in [1.54, 1.807) is 16.9 Å². The second-order valence-corrected chi connectivity index (χ2v) is 6.48. The summed E-state index contributed by atoms with van der Waals surface area (Å²) in [5.74, 6) is -0.550. The summed E-state index contributed by atoms with van der Waals surface area (Å²) < 4.78 is 1.79. The summed E-state index contributed by atoms with van der Waals surface area (Å²) in [6.45, 7) is 6.30. The molecular formula is C20H23N5O2. The fraction of sp³-hybridized carbons (Fsp3) is 0.300. The molecule has 0 bridgehead atoms. The molecule has 0 aliphatic rings. The number of aromatic nitrogens is 3. The molecule has 2 amide bonds. The summed E-state index contributed by atoms with van der Waals surface area (Å²) >= 11 is 0. The van der Waals surface area contributed by atoms with Crippen LogP contribution in [-0.2, 0) is 4.79 Å². The Morgan fingerprint density at radius 1 is 1.15 bits per heavy atom. The molecule has 0 aliphatic heterocycles. The minimum absolute atomic E-state index is 0.0739. The zero-order valence-corrected chi connectivity index (χ0v) is 15.7. The molecule has 0 spiro atoms. The molecule has 3 aromatic rings. The Kier molecular flexibility index (Phi) is 5.49. The number of benzene rings is 1. The van der Waals surface area contributed by atoms with Crippen LogP contribution in [0.25, 0.3) is 22.3 Å². The average Bonchev–Trinajstić information content (AvgIpc) is 3.10. The number of fused-ring (bicyclic) bond motifs is 1. The molecule has 0 saturated carbocycles. The number of hydrogen-bond acceptors (Lipinski definition) is 4. The van der Waals surface area contributed by atoms with Gasteiger partial charge in [-0.25, -0.2) is 9.67 Å². The SMILES string of the molecule is CCNC(=O)CNC(=O)c1cc(-c2ccccc2)nc2c1cnn2C(C)C. The lowest BCUT2D eigenvalue weighted by Gasteiger charge is -2.11. The molecular weight excluding hydrogens is 342 g/mol. The first kappa shape index (κ1) is 18.6. The minimum atomic E-state index is -0.325. The lowest BCUT2D eigenvalue weighted by Crippen LogP contribution is -2.36. The number of likely N-dealkylation sites (N-methyl/N-ethyl adjacent to an activating group) is 1. The Morgan fingerprint density at radius 2 is 1.89 bits per heavy atom. The van der Waals surface area contributed by atoms with Crippen LogP contribution in [0.5, 0.6) is 0 Å². The van der Waals surface area contributed by atoms with Crippen molar-refractivity contribution in [2.45, 2.75) is 26.8 Å². The number of hydrogen-bond donors (Lipinski definition) is 2. The first-order chi connectivity index (χ1) is 13.0. The van der Waals surface area contributed by atoms with Gasteiger partial charge in [0.15, 0.2) is 5.65 Å². The molecule has 0 aliphatic carbocycles. The second kappa shape index (κ2) is 7.99. The zero-order valence-electron chi connectivity index (χ0n) is 15.7. The molecule has 2 heterocycles. The smallest absolute Gasteiger partial charge is 0.252 e. The van der Waals surface area contributed by atoms with E-state index < -0.39 is 0 Å². The van der Waals surface area contributed by atoms with Gasteiger partial charge in [-0.15, -0.1) is 0 Å². The van der Waals surface area contributed by atoms with Gasteiger partial charge in [-0.05, 0) is 26.8 Å². The van der Waals surface area contributed by atoms with Crippen molar-refractivity contribution in [2.75, 3.05) is 13.1 Å². The number of amides is 2. The van der Waals surface area contributed by atoms with Gasteiger partial charge in [0.05, 0.1) is 29.4 Å². The largest absolute Gasteiger partial charge is 0.355 e. The van der Waals surface area contributed by atoms with Crippen molar-refractivity contribution in [3.8, 4) is 11.3 Å². The van der Waals surface area contributed by atoms with Crippen molar-refractivity contribution < 1.29 is 9.59 Å². The molecule has 0 atom stereocenters. The minimum Gasteiger partial charge on any atom is -0.355 e. The summed E-state index contributed by atoms with van der Waals surface area (Å²) in [7, 11) is 0. The maximum Gasteiger partial charge on any atom is 0.252 e. The lowest BCUT2D eigenvalue weighted by molar-refractivity contribution is -0.120. The molecule has 1 aromatic carbocycles. The van der Waals surface area contributed by atoms with E-state index in [0.717, 1.165) is 5.56 Å². The number of carbonyl (C=O) groups excluding carboxylic acids is 2. The van der Waals surface area contributed by atoms with E-state index in [1.807, 2.05) is 51.1 Å². The second-order valence-electron chi connectivity index (χ2n) is 6.48. The molecule has 7 heteroatoms. The van der Waals surface area contributed by atoms with E-state index in [2.05, 4.69) is 15.7 Å². The topological polar surface area (TPSA) is 88.9 Å². The molecule has 2 aromatic heterocycles. The van der Waals surface area contributed by atoms with Gasteiger partial charge in [-0.1, -0.05) is 30.3 Å². The van der Waals surface area contributed by atoms with E-state index in [-0.39, 0.29) is 24.4 Å². The third-order valence-electron chi connectivity index (χ3n) is 4.15. The van der Waals surface area contributed by atoms with Gasteiger partial charge in [0.2, 0.25) is 5.91 Å². The van der Waals surface area contributed by atoms with Gasteiger partial charge in [-0.3, -0.25) is 9.59 Å². The normalized spacial score (nSPS) is 11.0. The summed E-state index contributed by atoms with van der Waals surface area (Å²) in [6.07, 6.45) is 1.65. The Morgan fingerprint density at radius 3 is 2.56 bits per heavy atom. The third-order valence-corrected chi connectivity index (χ3v) is 4.15. The Bertz CT molecular complexity index is 963. The van der Waals surface area contributed by atoms with Gasteiger partial charge < -0.3 is 10.6 Å². The van der Waals surface area contributed by atoms with Gasteiger partial charge in [0.25, 0.3) is 5.91 Å². The molecule has 2 N–H and O–H groups in total. The standard InChI is InChI=1S/C20H23N5O2/c1-4-21-18(26)12-22-20(27)15-10-17(14-8-6-5-7-9-14)24-19-16(15)11-23-25(19)13(2)3/h5-11,13H,4,12H2,1-3H3,(H,21,26)(H,22,27). The van der Waals surface area contributed by atoms with Crippen LogP contribution in [0.4, 0.5) is 0 Å². The highest BCUT2D eigenvalue weighted by molar-refractivity contribution is 6.07. The van der Waals surface area contributed by atoms with Crippen LogP contribution in [0.2, 0.25) is 0 Å². The molecule has 7 nitrogen and oxygen atoms in total. The predicted molar refractivity (Wildman–Crippen MR) is 104 cm³/mol. The molecule has 27 heavy (non-hydrogen) atoms. The van der Waals surface area contributed by atoms with E-state index >= 15 is 0 Å². The molecule has 3 rings (SSSR count). The van der Waals surface area contributed by atoms with Gasteiger partial charge in [0.1, 0.15) is 0 Å². The van der Waals surface area contributed by atoms with Crippen LogP contribution in [0.15, 0.2) is 42.6 Å². The molecule has 0 unspecified atom stereocenters. The summed E-state index contributed by atoms with van der Waals surface area (Å²) in [5.41, 5.74) is 2.70. The van der Waals surface area contributed by atoms with Gasteiger partial charge in [0, 0.05) is 18.2 Å². The predicted octanol–water partition coefficient (Wildman–Crippen LogP) is 2.55. The highest BCUT2D eigenvalue weighted by Crippen LogP contribution is 2.26. The Labute approximate surface area is 157 Å². The van der Waals surface area contributed by atoms with E-state index in [9.17, 15) is 9.59 Å².